The van der Waals surface area contributed by atoms with Crippen molar-refractivity contribution in [3.8, 4) is 5.75 Å². The van der Waals surface area contributed by atoms with Crippen LogP contribution in [0.5, 0.6) is 5.75 Å². The maximum absolute atomic E-state index is 12.0. The molecule has 0 aliphatic carbocycles. The van der Waals surface area contributed by atoms with Gasteiger partial charge in [0.15, 0.2) is 0 Å². The van der Waals surface area contributed by atoms with E-state index in [9.17, 15) is 9.59 Å². The van der Waals surface area contributed by atoms with Gasteiger partial charge >= 0.3 is 5.97 Å². The van der Waals surface area contributed by atoms with Crippen LogP contribution in [0.25, 0.3) is 0 Å². The zero-order chi connectivity index (χ0) is 31.9. The molecule has 1 unspecified atom stereocenters. The third-order valence-electron chi connectivity index (χ3n) is 6.11. The lowest BCUT2D eigenvalue weighted by atomic mass is 10.00. The topological polar surface area (TPSA) is 129 Å². The van der Waals surface area contributed by atoms with E-state index in [0.717, 1.165) is 31.4 Å². The van der Waals surface area contributed by atoms with Crippen molar-refractivity contribution in [1.29, 1.82) is 0 Å². The number of esters is 1. The summed E-state index contributed by atoms with van der Waals surface area (Å²) >= 11 is 0. The molecule has 0 aliphatic rings. The van der Waals surface area contributed by atoms with Gasteiger partial charge in [0.2, 0.25) is 5.91 Å². The Morgan fingerprint density at radius 2 is 1.02 bits per heavy atom. The molecule has 0 heterocycles. The third-order valence-corrected chi connectivity index (χ3v) is 6.11. The molecular formula is C32H55NO11. The summed E-state index contributed by atoms with van der Waals surface area (Å²) < 4.78 is 49.2. The van der Waals surface area contributed by atoms with Crippen LogP contribution < -0.4 is 10.1 Å². The number of carbonyl (C=O) groups is 2. The first kappa shape index (κ1) is 39.7. The van der Waals surface area contributed by atoms with Gasteiger partial charge in [-0.05, 0) is 37.1 Å². The predicted octanol–water partition coefficient (Wildman–Crippen LogP) is 3.90. The zero-order valence-corrected chi connectivity index (χ0v) is 27.0. The van der Waals surface area contributed by atoms with Crippen molar-refractivity contribution >= 4 is 17.6 Å². The summed E-state index contributed by atoms with van der Waals surface area (Å²) in [6.07, 6.45) is 3.83. The fourth-order valence-electron chi connectivity index (χ4n) is 3.74. The Bertz CT molecular complexity index is 810. The molecule has 1 aromatic carbocycles. The summed E-state index contributed by atoms with van der Waals surface area (Å²) in [6.45, 7) is 12.9. The van der Waals surface area contributed by atoms with Crippen molar-refractivity contribution in [2.24, 2.45) is 5.92 Å². The number of nitrogens with one attached hydrogen (secondary N) is 1. The molecule has 0 bridgehead atoms. The van der Waals surface area contributed by atoms with Crippen LogP contribution in [-0.4, -0.2) is 118 Å². The minimum Gasteiger partial charge on any atom is -0.491 e. The molecule has 0 saturated heterocycles. The smallest absolute Gasteiger partial charge is 0.308 e. The second-order valence-electron chi connectivity index (χ2n) is 9.76. The van der Waals surface area contributed by atoms with E-state index < -0.39 is 0 Å². The number of hydrogen-bond acceptors (Lipinski definition) is 11. The molecule has 0 spiro atoms. The predicted molar refractivity (Wildman–Crippen MR) is 166 cm³/mol. The summed E-state index contributed by atoms with van der Waals surface area (Å²) in [5, 5.41) is 2.71. The van der Waals surface area contributed by atoms with E-state index in [1.807, 2.05) is 6.92 Å². The molecule has 1 amide bonds. The molecule has 1 atom stereocenters. The van der Waals surface area contributed by atoms with E-state index in [-0.39, 0.29) is 24.4 Å². The summed E-state index contributed by atoms with van der Waals surface area (Å²) in [6, 6.07) is 7.17. The summed E-state index contributed by atoms with van der Waals surface area (Å²) in [5.74, 6) is 0.479. The van der Waals surface area contributed by atoms with E-state index in [1.54, 1.807) is 24.3 Å². The Morgan fingerprint density at radius 1 is 0.614 bits per heavy atom. The number of anilines is 1. The number of amides is 1. The van der Waals surface area contributed by atoms with Crippen molar-refractivity contribution in [2.45, 2.75) is 46.5 Å². The van der Waals surface area contributed by atoms with Crippen LogP contribution in [0.3, 0.4) is 0 Å². The van der Waals surface area contributed by atoms with E-state index >= 15 is 0 Å². The minimum atomic E-state index is -0.122. The van der Waals surface area contributed by atoms with Gasteiger partial charge in [-0.15, -0.1) is 0 Å². The number of carbonyl (C=O) groups excluding carboxylic acids is 2. The lowest BCUT2D eigenvalue weighted by molar-refractivity contribution is -0.150. The number of hydrogen-bond donors (Lipinski definition) is 1. The summed E-state index contributed by atoms with van der Waals surface area (Å²) in [5.41, 5.74) is 0.730. The van der Waals surface area contributed by atoms with Gasteiger partial charge in [-0.25, -0.2) is 0 Å². The van der Waals surface area contributed by atoms with Gasteiger partial charge in [-0.2, -0.15) is 0 Å². The number of rotatable bonds is 31. The summed E-state index contributed by atoms with van der Waals surface area (Å²) in [7, 11) is 0. The average molecular weight is 630 g/mol. The zero-order valence-electron chi connectivity index (χ0n) is 27.0. The molecule has 1 aromatic rings. The second-order valence-corrected chi connectivity index (χ2v) is 9.76. The van der Waals surface area contributed by atoms with Crippen LogP contribution in [0.2, 0.25) is 0 Å². The van der Waals surface area contributed by atoms with Gasteiger partial charge in [-0.3, -0.25) is 9.59 Å². The molecule has 254 valence electrons. The molecule has 0 fully saturated rings. The van der Waals surface area contributed by atoms with Crippen molar-refractivity contribution in [3.63, 3.8) is 0 Å². The monoisotopic (exact) mass is 629 g/mol. The van der Waals surface area contributed by atoms with Gasteiger partial charge < -0.3 is 47.9 Å². The first-order chi connectivity index (χ1) is 21.6. The summed E-state index contributed by atoms with van der Waals surface area (Å²) in [4.78, 5) is 23.0. The fraction of sp³-hybridized carbons (Fsp3) is 0.750. The molecule has 0 aromatic heterocycles. The average Bonchev–Trinajstić information content (AvgIpc) is 3.02. The molecule has 12 nitrogen and oxygen atoms in total. The Kier molecular flexibility index (Phi) is 26.5. The van der Waals surface area contributed by atoms with Crippen molar-refractivity contribution in [2.75, 3.05) is 111 Å². The van der Waals surface area contributed by atoms with Crippen molar-refractivity contribution in [3.05, 3.63) is 24.3 Å². The third kappa shape index (κ3) is 24.1. The molecule has 0 aliphatic heterocycles. The minimum absolute atomic E-state index is 0.00533. The van der Waals surface area contributed by atoms with Crippen LogP contribution in [-0.2, 0) is 47.5 Å². The molecular weight excluding hydrogens is 574 g/mol. The van der Waals surface area contributed by atoms with Crippen LogP contribution in [0.1, 0.15) is 46.5 Å². The highest BCUT2D eigenvalue weighted by atomic mass is 16.6. The van der Waals surface area contributed by atoms with Gasteiger partial charge in [0.25, 0.3) is 0 Å². The number of unbranched alkanes of at least 4 members (excludes halogenated alkanes) is 1. The van der Waals surface area contributed by atoms with E-state index in [0.29, 0.717) is 105 Å². The first-order valence-corrected chi connectivity index (χ1v) is 15.8. The first-order valence-electron chi connectivity index (χ1n) is 15.8. The maximum atomic E-state index is 12.0. The SMILES string of the molecule is CCCCC(CC)C(=O)OCCOCCOCCOCCOCCOCCOCCOCCOc1ccc(NC(C)=O)cc1. The molecule has 0 saturated carbocycles. The molecule has 1 N–H and O–H groups in total. The normalized spacial score (nSPS) is 11.8. The van der Waals surface area contributed by atoms with Crippen LogP contribution >= 0.6 is 0 Å². The Labute approximate surface area is 263 Å². The quantitative estimate of drug-likeness (QED) is 0.0948. The molecule has 0 radical (unpaired) electrons. The van der Waals surface area contributed by atoms with E-state index in [4.69, 9.17) is 42.6 Å². The largest absolute Gasteiger partial charge is 0.491 e. The van der Waals surface area contributed by atoms with E-state index in [2.05, 4.69) is 12.2 Å². The van der Waals surface area contributed by atoms with Gasteiger partial charge in [0, 0.05) is 12.6 Å². The lowest BCUT2D eigenvalue weighted by Gasteiger charge is -2.13. The van der Waals surface area contributed by atoms with Crippen LogP contribution in [0, 0.1) is 5.92 Å². The standard InChI is InChI=1S/C32H55NO11/c1-4-6-7-29(5-2)32(35)44-27-25-42-23-21-40-19-17-38-15-13-36-12-14-37-16-18-39-20-22-41-24-26-43-31-10-8-30(9-11-31)33-28(3)34/h8-11,29H,4-7,12-27H2,1-3H3,(H,33,34). The highest BCUT2D eigenvalue weighted by Gasteiger charge is 2.16. The second kappa shape index (κ2) is 29.4. The van der Waals surface area contributed by atoms with Crippen molar-refractivity contribution in [1.82, 2.24) is 0 Å². The highest BCUT2D eigenvalue weighted by Crippen LogP contribution is 2.16. The van der Waals surface area contributed by atoms with E-state index in [1.165, 1.54) is 6.92 Å². The number of ether oxygens (including phenoxy) is 9. The molecule has 12 heteroatoms. The molecule has 1 rings (SSSR count). The Balaban J connectivity index is 1.73. The lowest BCUT2D eigenvalue weighted by Crippen LogP contribution is -2.20. The maximum Gasteiger partial charge on any atom is 0.308 e. The molecule has 44 heavy (non-hydrogen) atoms. The van der Waals surface area contributed by atoms with Gasteiger partial charge in [-0.1, -0.05) is 26.7 Å². The van der Waals surface area contributed by atoms with Gasteiger partial charge in [0.1, 0.15) is 19.0 Å². The van der Waals surface area contributed by atoms with Crippen LogP contribution in [0.15, 0.2) is 24.3 Å². The Morgan fingerprint density at radius 3 is 1.41 bits per heavy atom. The van der Waals surface area contributed by atoms with Crippen LogP contribution in [0.4, 0.5) is 5.69 Å². The van der Waals surface area contributed by atoms with Crippen molar-refractivity contribution < 1.29 is 52.2 Å². The fourth-order valence-corrected chi connectivity index (χ4v) is 3.74. The van der Waals surface area contributed by atoms with Gasteiger partial charge in [0.05, 0.1) is 98.4 Å². The highest BCUT2D eigenvalue weighted by molar-refractivity contribution is 5.88. The Hall–Kier alpha value is -2.32. The number of benzene rings is 1.